The highest BCUT2D eigenvalue weighted by molar-refractivity contribution is 14.0. The molecule has 144 valence electrons. The molecule has 1 aromatic carbocycles. The highest BCUT2D eigenvalue weighted by atomic mass is 127. The summed E-state index contributed by atoms with van der Waals surface area (Å²) in [5.41, 5.74) is 0.818. The molecule has 0 aliphatic rings. The summed E-state index contributed by atoms with van der Waals surface area (Å²) in [6.07, 6.45) is -5.18. The molecule has 1 unspecified atom stereocenters. The van der Waals surface area contributed by atoms with Crippen molar-refractivity contribution in [3.63, 3.8) is 0 Å². The average Bonchev–Trinajstić information content (AvgIpc) is 2.53. The summed E-state index contributed by atoms with van der Waals surface area (Å²) in [6.45, 7) is 3.92. The zero-order chi connectivity index (χ0) is 18.2. The maximum Gasteiger partial charge on any atom is 0.390 e. The topological polar surface area (TPSA) is 54.9 Å². The molecule has 0 aliphatic heterocycles. The first-order valence-electron chi connectivity index (χ1n) is 7.64. The Bertz CT molecular complexity index is 554. The number of hydrogen-bond acceptors (Lipinski definition) is 3. The summed E-state index contributed by atoms with van der Waals surface area (Å²) in [7, 11) is 3.12. The number of nitrogens with one attached hydrogen (secondary N) is 2. The number of benzene rings is 1. The van der Waals surface area contributed by atoms with E-state index in [1.165, 1.54) is 0 Å². The van der Waals surface area contributed by atoms with Crippen LogP contribution in [0.25, 0.3) is 0 Å². The highest BCUT2D eigenvalue weighted by Crippen LogP contribution is 2.29. The van der Waals surface area contributed by atoms with E-state index in [4.69, 9.17) is 9.47 Å². The van der Waals surface area contributed by atoms with E-state index < -0.39 is 12.6 Å². The molecule has 0 radical (unpaired) electrons. The second-order valence-corrected chi connectivity index (χ2v) is 5.10. The zero-order valence-corrected chi connectivity index (χ0v) is 17.1. The van der Waals surface area contributed by atoms with Crippen molar-refractivity contribution >= 4 is 29.9 Å². The Morgan fingerprint density at radius 3 is 2.44 bits per heavy atom. The molecule has 1 aromatic rings. The summed E-state index contributed by atoms with van der Waals surface area (Å²) in [5.74, 6) is 1.64. The van der Waals surface area contributed by atoms with Crippen LogP contribution in [0.15, 0.2) is 23.2 Å². The fourth-order valence-electron chi connectivity index (χ4n) is 2.08. The van der Waals surface area contributed by atoms with E-state index in [9.17, 15) is 13.2 Å². The van der Waals surface area contributed by atoms with Gasteiger partial charge in [0, 0.05) is 12.1 Å². The third-order valence-electron chi connectivity index (χ3n) is 3.27. The molecule has 2 N–H and O–H groups in total. The molecule has 0 amide bonds. The molecule has 0 fully saturated rings. The van der Waals surface area contributed by atoms with Gasteiger partial charge in [0.25, 0.3) is 0 Å². The van der Waals surface area contributed by atoms with Crippen LogP contribution in [0.4, 0.5) is 13.2 Å². The second kappa shape index (κ2) is 11.3. The normalized spacial score (nSPS) is 12.8. The molecule has 0 saturated heterocycles. The van der Waals surface area contributed by atoms with Gasteiger partial charge in [-0.25, -0.2) is 0 Å². The molecule has 0 aromatic heterocycles. The van der Waals surface area contributed by atoms with Gasteiger partial charge in [0.15, 0.2) is 5.96 Å². The standard InChI is InChI=1S/C16H24F3N3O2.HI/c1-5-20-15(21-9-8-16(17,18)19)22-11(2)13-10-12(23-3)6-7-14(13)24-4;/h6-7,10-11H,5,8-9H2,1-4H3,(H2,20,21,22);1H. The van der Waals surface area contributed by atoms with Crippen molar-refractivity contribution in [2.45, 2.75) is 32.5 Å². The molecule has 9 heteroatoms. The lowest BCUT2D eigenvalue weighted by atomic mass is 10.1. The van der Waals surface area contributed by atoms with Gasteiger partial charge in [-0.05, 0) is 32.0 Å². The van der Waals surface area contributed by atoms with Crippen molar-refractivity contribution in [2.75, 3.05) is 27.3 Å². The lowest BCUT2D eigenvalue weighted by molar-refractivity contribution is -0.132. The highest BCUT2D eigenvalue weighted by Gasteiger charge is 2.26. The number of alkyl halides is 3. The van der Waals surface area contributed by atoms with Gasteiger partial charge in [0.05, 0.1) is 33.2 Å². The molecule has 25 heavy (non-hydrogen) atoms. The SMILES string of the molecule is CCNC(=NCCC(F)(F)F)NC(C)c1cc(OC)ccc1OC.I. The Balaban J connectivity index is 0.00000576. The predicted molar refractivity (Wildman–Crippen MR) is 103 cm³/mol. The van der Waals surface area contributed by atoms with Gasteiger partial charge >= 0.3 is 6.18 Å². The quantitative estimate of drug-likeness (QED) is 0.357. The van der Waals surface area contributed by atoms with E-state index in [0.29, 0.717) is 24.0 Å². The number of guanidine groups is 1. The smallest absolute Gasteiger partial charge is 0.390 e. The molecule has 1 rings (SSSR count). The zero-order valence-electron chi connectivity index (χ0n) is 14.7. The molecular weight excluding hydrogens is 450 g/mol. The summed E-state index contributed by atoms with van der Waals surface area (Å²) in [4.78, 5) is 3.96. The Morgan fingerprint density at radius 2 is 1.92 bits per heavy atom. The minimum absolute atomic E-state index is 0. The number of methoxy groups -OCH3 is 2. The van der Waals surface area contributed by atoms with Crippen molar-refractivity contribution < 1.29 is 22.6 Å². The van der Waals surface area contributed by atoms with Gasteiger partial charge in [-0.15, -0.1) is 24.0 Å². The van der Waals surface area contributed by atoms with Crippen LogP contribution < -0.4 is 20.1 Å². The molecule has 0 bridgehead atoms. The number of nitrogens with zero attached hydrogens (tertiary/aromatic N) is 1. The van der Waals surface area contributed by atoms with Crippen LogP contribution in [0.1, 0.15) is 31.9 Å². The van der Waals surface area contributed by atoms with Crippen LogP contribution in [-0.4, -0.2) is 39.4 Å². The van der Waals surface area contributed by atoms with Crippen molar-refractivity contribution in [1.29, 1.82) is 0 Å². The van der Waals surface area contributed by atoms with Crippen LogP contribution in [0.3, 0.4) is 0 Å². The lowest BCUT2D eigenvalue weighted by Crippen LogP contribution is -2.39. The fraction of sp³-hybridized carbons (Fsp3) is 0.562. The molecular formula is C16H25F3IN3O2. The van der Waals surface area contributed by atoms with Gasteiger partial charge in [0.1, 0.15) is 11.5 Å². The van der Waals surface area contributed by atoms with E-state index in [1.807, 2.05) is 19.9 Å². The molecule has 1 atom stereocenters. The molecule has 0 aliphatic carbocycles. The van der Waals surface area contributed by atoms with Gasteiger partial charge in [0.2, 0.25) is 0 Å². The van der Waals surface area contributed by atoms with Crippen LogP contribution in [0, 0.1) is 0 Å². The summed E-state index contributed by atoms with van der Waals surface area (Å²) in [5, 5.41) is 6.02. The predicted octanol–water partition coefficient (Wildman–Crippen LogP) is 3.89. The Kier molecular flexibility index (Phi) is 10.6. The van der Waals surface area contributed by atoms with Crippen LogP contribution in [-0.2, 0) is 0 Å². The number of hydrogen-bond donors (Lipinski definition) is 2. The summed E-state index contributed by atoms with van der Waals surface area (Å²) in [6, 6.07) is 5.13. The van der Waals surface area contributed by atoms with Crippen LogP contribution in [0.2, 0.25) is 0 Å². The first-order chi connectivity index (χ1) is 11.3. The van der Waals surface area contributed by atoms with E-state index >= 15 is 0 Å². The van der Waals surface area contributed by atoms with E-state index in [-0.39, 0.29) is 36.6 Å². The van der Waals surface area contributed by atoms with Crippen molar-refractivity contribution in [1.82, 2.24) is 10.6 Å². The van der Waals surface area contributed by atoms with Crippen molar-refractivity contribution in [3.05, 3.63) is 23.8 Å². The number of halogens is 4. The third kappa shape index (κ3) is 8.50. The van der Waals surface area contributed by atoms with Crippen LogP contribution >= 0.6 is 24.0 Å². The largest absolute Gasteiger partial charge is 0.497 e. The summed E-state index contributed by atoms with van der Waals surface area (Å²) >= 11 is 0. The molecule has 0 spiro atoms. The van der Waals surface area contributed by atoms with E-state index in [0.717, 1.165) is 5.56 Å². The van der Waals surface area contributed by atoms with Gasteiger partial charge in [-0.1, -0.05) is 0 Å². The maximum atomic E-state index is 12.3. The number of ether oxygens (including phenoxy) is 2. The average molecular weight is 475 g/mol. The van der Waals surface area contributed by atoms with E-state index in [2.05, 4.69) is 15.6 Å². The maximum absolute atomic E-state index is 12.3. The summed E-state index contributed by atoms with van der Waals surface area (Å²) < 4.78 is 47.3. The minimum atomic E-state index is -4.22. The van der Waals surface area contributed by atoms with E-state index in [1.54, 1.807) is 26.4 Å². The number of aliphatic imine (C=N–C) groups is 1. The molecule has 0 heterocycles. The van der Waals surface area contributed by atoms with Gasteiger partial charge in [-0.2, -0.15) is 13.2 Å². The minimum Gasteiger partial charge on any atom is -0.497 e. The Morgan fingerprint density at radius 1 is 1.24 bits per heavy atom. The van der Waals surface area contributed by atoms with Crippen molar-refractivity contribution in [3.8, 4) is 11.5 Å². The Hall–Kier alpha value is -1.39. The molecule has 0 saturated carbocycles. The lowest BCUT2D eigenvalue weighted by Gasteiger charge is -2.21. The first kappa shape index (κ1) is 23.6. The fourth-order valence-corrected chi connectivity index (χ4v) is 2.08. The van der Waals surface area contributed by atoms with Gasteiger partial charge in [-0.3, -0.25) is 4.99 Å². The molecule has 5 nitrogen and oxygen atoms in total. The Labute approximate surface area is 163 Å². The van der Waals surface area contributed by atoms with Crippen molar-refractivity contribution in [2.24, 2.45) is 4.99 Å². The number of rotatable bonds is 7. The van der Waals surface area contributed by atoms with Gasteiger partial charge < -0.3 is 20.1 Å². The van der Waals surface area contributed by atoms with Crippen LogP contribution in [0.5, 0.6) is 11.5 Å². The monoisotopic (exact) mass is 475 g/mol. The third-order valence-corrected chi connectivity index (χ3v) is 3.27. The second-order valence-electron chi connectivity index (χ2n) is 5.10. The first-order valence-corrected chi connectivity index (χ1v) is 7.64.